The van der Waals surface area contributed by atoms with Gasteiger partial charge in [-0.05, 0) is 24.0 Å². The molecule has 0 aliphatic heterocycles. The second-order valence-electron chi connectivity index (χ2n) is 4.39. The van der Waals surface area contributed by atoms with Crippen molar-refractivity contribution < 1.29 is 4.79 Å². The van der Waals surface area contributed by atoms with Crippen molar-refractivity contribution in [2.45, 2.75) is 27.7 Å². The van der Waals surface area contributed by atoms with Gasteiger partial charge >= 0.3 is 0 Å². The van der Waals surface area contributed by atoms with Gasteiger partial charge < -0.3 is 5.32 Å². The largest absolute Gasteiger partial charge is 0.355 e. The predicted molar refractivity (Wildman–Crippen MR) is 64.6 cm³/mol. The first-order valence-corrected chi connectivity index (χ1v) is 6.64. The molecule has 0 radical (unpaired) electrons. The molecule has 0 unspecified atom stereocenters. The van der Waals surface area contributed by atoms with E-state index in [1.807, 2.05) is 6.26 Å². The van der Waals surface area contributed by atoms with E-state index in [4.69, 9.17) is 0 Å². The quantitative estimate of drug-likeness (QED) is 0.740. The summed E-state index contributed by atoms with van der Waals surface area (Å²) in [7, 11) is 0. The van der Waals surface area contributed by atoms with E-state index in [2.05, 4.69) is 33.0 Å². The molecule has 0 saturated heterocycles. The van der Waals surface area contributed by atoms with Crippen LogP contribution in [0.4, 0.5) is 0 Å². The monoisotopic (exact) mass is 217 g/mol. The smallest absolute Gasteiger partial charge is 0.229 e. The van der Waals surface area contributed by atoms with Crippen molar-refractivity contribution in [3.05, 3.63) is 0 Å². The van der Waals surface area contributed by atoms with Gasteiger partial charge in [-0.2, -0.15) is 11.8 Å². The Bertz CT molecular complexity index is 161. The van der Waals surface area contributed by atoms with Crippen LogP contribution in [0.5, 0.6) is 0 Å². The van der Waals surface area contributed by atoms with Gasteiger partial charge in [0.15, 0.2) is 0 Å². The zero-order valence-corrected chi connectivity index (χ0v) is 10.8. The Morgan fingerprint density at radius 1 is 1.21 bits per heavy atom. The van der Waals surface area contributed by atoms with E-state index in [9.17, 15) is 4.79 Å². The molecule has 1 amide bonds. The molecule has 0 heterocycles. The summed E-state index contributed by atoms with van der Waals surface area (Å²) in [4.78, 5) is 11.3. The summed E-state index contributed by atoms with van der Waals surface area (Å²) in [6.07, 6.45) is 1.95. The van der Waals surface area contributed by atoms with Crippen LogP contribution in [0.1, 0.15) is 27.7 Å². The Labute approximate surface area is 92.2 Å². The molecule has 1 N–H and O–H groups in total. The Kier molecular flexibility index (Phi) is 7.06. The van der Waals surface area contributed by atoms with E-state index >= 15 is 0 Å². The maximum Gasteiger partial charge on any atom is 0.229 e. The summed E-state index contributed by atoms with van der Waals surface area (Å²) in [6, 6.07) is 0. The van der Waals surface area contributed by atoms with E-state index in [1.165, 1.54) is 0 Å². The highest BCUT2D eigenvalue weighted by atomic mass is 32.2. The molecule has 0 rings (SSSR count). The third-order valence-corrected chi connectivity index (χ3v) is 3.07. The normalized spacial score (nSPS) is 11.4. The van der Waals surface area contributed by atoms with Gasteiger partial charge in [-0.25, -0.2) is 0 Å². The van der Waals surface area contributed by atoms with Gasteiger partial charge in [-0.15, -0.1) is 0 Å². The molecule has 0 fully saturated rings. The third-order valence-electron chi connectivity index (χ3n) is 2.52. The second kappa shape index (κ2) is 7.16. The van der Waals surface area contributed by atoms with Crippen LogP contribution in [-0.2, 0) is 4.79 Å². The number of hydrogen-bond donors (Lipinski definition) is 1. The number of carbonyl (C=O) groups excluding carboxylic acids is 1. The summed E-state index contributed by atoms with van der Waals surface area (Å²) in [6.45, 7) is 9.67. The SMILES string of the molecule is CSCC(=O)NCC(C(C)C)C(C)C. The van der Waals surface area contributed by atoms with Crippen molar-refractivity contribution in [1.82, 2.24) is 5.32 Å². The van der Waals surface area contributed by atoms with E-state index in [1.54, 1.807) is 11.8 Å². The molecule has 0 aromatic rings. The van der Waals surface area contributed by atoms with Crippen molar-refractivity contribution >= 4 is 17.7 Å². The molecule has 0 aromatic carbocycles. The topological polar surface area (TPSA) is 29.1 Å². The fraction of sp³-hybridized carbons (Fsp3) is 0.909. The standard InChI is InChI=1S/C11H23NOS/c1-8(2)10(9(3)4)6-12-11(13)7-14-5/h8-10H,6-7H2,1-5H3,(H,12,13). The van der Waals surface area contributed by atoms with Crippen LogP contribution in [0, 0.1) is 17.8 Å². The van der Waals surface area contributed by atoms with E-state index in [0.717, 1.165) is 6.54 Å². The minimum Gasteiger partial charge on any atom is -0.355 e. The molecule has 0 aromatic heterocycles. The lowest BCUT2D eigenvalue weighted by atomic mass is 9.85. The Morgan fingerprint density at radius 2 is 1.71 bits per heavy atom. The maximum atomic E-state index is 11.3. The number of hydrogen-bond acceptors (Lipinski definition) is 2. The van der Waals surface area contributed by atoms with Gasteiger partial charge in [0.25, 0.3) is 0 Å². The lowest BCUT2D eigenvalue weighted by Crippen LogP contribution is -2.34. The zero-order valence-electron chi connectivity index (χ0n) is 9.96. The van der Waals surface area contributed by atoms with Crippen LogP contribution >= 0.6 is 11.8 Å². The number of carbonyl (C=O) groups is 1. The lowest BCUT2D eigenvalue weighted by molar-refractivity contribution is -0.118. The van der Waals surface area contributed by atoms with Crippen LogP contribution in [0.15, 0.2) is 0 Å². The summed E-state index contributed by atoms with van der Waals surface area (Å²) < 4.78 is 0. The number of thioether (sulfide) groups is 1. The van der Waals surface area contributed by atoms with Crippen molar-refractivity contribution in [2.24, 2.45) is 17.8 Å². The van der Waals surface area contributed by atoms with Crippen molar-refractivity contribution in [2.75, 3.05) is 18.6 Å². The van der Waals surface area contributed by atoms with E-state index in [-0.39, 0.29) is 5.91 Å². The first-order valence-electron chi connectivity index (χ1n) is 5.24. The van der Waals surface area contributed by atoms with Gasteiger partial charge in [0.05, 0.1) is 5.75 Å². The molecular weight excluding hydrogens is 194 g/mol. The Morgan fingerprint density at radius 3 is 2.07 bits per heavy atom. The summed E-state index contributed by atoms with van der Waals surface area (Å²) in [5, 5.41) is 2.99. The van der Waals surface area contributed by atoms with Crippen molar-refractivity contribution in [3.63, 3.8) is 0 Å². The fourth-order valence-electron chi connectivity index (χ4n) is 1.66. The van der Waals surface area contributed by atoms with Gasteiger partial charge in [0.1, 0.15) is 0 Å². The first kappa shape index (κ1) is 13.8. The molecule has 2 nitrogen and oxygen atoms in total. The Hall–Kier alpha value is -0.180. The number of amides is 1. The lowest BCUT2D eigenvalue weighted by Gasteiger charge is -2.24. The third kappa shape index (κ3) is 5.53. The number of rotatable bonds is 6. The van der Waals surface area contributed by atoms with Crippen LogP contribution in [0.2, 0.25) is 0 Å². The second-order valence-corrected chi connectivity index (χ2v) is 5.26. The van der Waals surface area contributed by atoms with Crippen LogP contribution < -0.4 is 5.32 Å². The molecule has 14 heavy (non-hydrogen) atoms. The highest BCUT2D eigenvalue weighted by Gasteiger charge is 2.17. The summed E-state index contributed by atoms with van der Waals surface area (Å²) in [5.41, 5.74) is 0. The molecule has 3 heteroatoms. The predicted octanol–water partition coefficient (Wildman–Crippen LogP) is 2.39. The molecule has 0 bridgehead atoms. The molecule has 0 aliphatic carbocycles. The Balaban J connectivity index is 3.88. The number of nitrogens with one attached hydrogen (secondary N) is 1. The van der Waals surface area contributed by atoms with Crippen LogP contribution in [0.25, 0.3) is 0 Å². The maximum absolute atomic E-state index is 11.3. The van der Waals surface area contributed by atoms with E-state index in [0.29, 0.717) is 23.5 Å². The molecule has 84 valence electrons. The highest BCUT2D eigenvalue weighted by molar-refractivity contribution is 7.99. The van der Waals surface area contributed by atoms with Gasteiger partial charge in [0.2, 0.25) is 5.91 Å². The fourth-order valence-corrected chi connectivity index (χ4v) is 2.02. The minimum atomic E-state index is 0.156. The molecule has 0 atom stereocenters. The zero-order chi connectivity index (χ0) is 11.1. The van der Waals surface area contributed by atoms with Crippen molar-refractivity contribution in [3.8, 4) is 0 Å². The van der Waals surface area contributed by atoms with Gasteiger partial charge in [-0.3, -0.25) is 4.79 Å². The van der Waals surface area contributed by atoms with Crippen LogP contribution in [0.3, 0.4) is 0 Å². The minimum absolute atomic E-state index is 0.156. The average Bonchev–Trinajstić information content (AvgIpc) is 2.03. The van der Waals surface area contributed by atoms with E-state index < -0.39 is 0 Å². The molecule has 0 aliphatic rings. The average molecular weight is 217 g/mol. The highest BCUT2D eigenvalue weighted by Crippen LogP contribution is 2.19. The first-order chi connectivity index (χ1) is 6.49. The van der Waals surface area contributed by atoms with Crippen molar-refractivity contribution in [1.29, 1.82) is 0 Å². The summed E-state index contributed by atoms with van der Waals surface area (Å²) in [5.74, 6) is 2.57. The van der Waals surface area contributed by atoms with Gasteiger partial charge in [-0.1, -0.05) is 27.7 Å². The van der Waals surface area contributed by atoms with Gasteiger partial charge in [0, 0.05) is 6.54 Å². The molecular formula is C11H23NOS. The van der Waals surface area contributed by atoms with Crippen LogP contribution in [-0.4, -0.2) is 24.5 Å². The molecule has 0 saturated carbocycles. The molecule has 0 spiro atoms. The summed E-state index contributed by atoms with van der Waals surface area (Å²) >= 11 is 1.57.